The van der Waals surface area contributed by atoms with Crippen LogP contribution in [-0.2, 0) is 9.53 Å². The maximum absolute atomic E-state index is 12.5. The molecular formula is C22H24N6O3. The van der Waals surface area contributed by atoms with Crippen LogP contribution in [0.1, 0.15) is 36.5 Å². The number of carbonyl (C=O) groups excluding carboxylic acids is 2. The molecule has 2 aromatic carbocycles. The van der Waals surface area contributed by atoms with E-state index in [1.807, 2.05) is 24.3 Å². The molecule has 2 heterocycles. The van der Waals surface area contributed by atoms with Crippen molar-refractivity contribution in [3.8, 4) is 5.69 Å². The van der Waals surface area contributed by atoms with Gasteiger partial charge in [0.2, 0.25) is 0 Å². The van der Waals surface area contributed by atoms with E-state index in [4.69, 9.17) is 4.74 Å². The molecule has 1 amide bonds. The molecular weight excluding hydrogens is 396 g/mol. The molecule has 0 saturated carbocycles. The van der Waals surface area contributed by atoms with E-state index in [1.54, 1.807) is 31.2 Å². The molecule has 1 fully saturated rings. The quantitative estimate of drug-likeness (QED) is 0.612. The molecule has 4 rings (SSSR count). The summed E-state index contributed by atoms with van der Waals surface area (Å²) in [6.45, 7) is 3.68. The Morgan fingerprint density at radius 2 is 1.65 bits per heavy atom. The lowest BCUT2D eigenvalue weighted by atomic mass is 10.1. The van der Waals surface area contributed by atoms with Crippen LogP contribution in [0.3, 0.4) is 0 Å². The molecule has 0 aliphatic carbocycles. The van der Waals surface area contributed by atoms with E-state index in [0.717, 1.165) is 18.8 Å². The van der Waals surface area contributed by atoms with E-state index >= 15 is 0 Å². The van der Waals surface area contributed by atoms with Crippen molar-refractivity contribution < 1.29 is 14.3 Å². The Hall–Kier alpha value is -3.75. The largest absolute Gasteiger partial charge is 0.449 e. The van der Waals surface area contributed by atoms with E-state index < -0.39 is 12.1 Å². The van der Waals surface area contributed by atoms with Gasteiger partial charge in [0.25, 0.3) is 5.91 Å². The van der Waals surface area contributed by atoms with Gasteiger partial charge in [-0.25, -0.2) is 9.48 Å². The highest BCUT2D eigenvalue weighted by molar-refractivity contribution is 5.97. The van der Waals surface area contributed by atoms with Crippen LogP contribution < -0.4 is 10.2 Å². The number of piperidine rings is 1. The second-order valence-corrected chi connectivity index (χ2v) is 7.43. The Bertz CT molecular complexity index is 1010. The minimum atomic E-state index is -0.937. The Kier molecular flexibility index (Phi) is 6.21. The van der Waals surface area contributed by atoms with Gasteiger partial charge in [-0.05, 0) is 85.1 Å². The second-order valence-electron chi connectivity index (χ2n) is 7.43. The van der Waals surface area contributed by atoms with E-state index in [9.17, 15) is 9.59 Å². The summed E-state index contributed by atoms with van der Waals surface area (Å²) in [5.41, 5.74) is 2.87. The molecule has 1 aliphatic rings. The highest BCUT2D eigenvalue weighted by Crippen LogP contribution is 2.22. The smallest absolute Gasteiger partial charge is 0.338 e. The Morgan fingerprint density at radius 3 is 2.29 bits per heavy atom. The first kappa shape index (κ1) is 20.5. The van der Waals surface area contributed by atoms with E-state index in [1.165, 1.54) is 30.3 Å². The van der Waals surface area contributed by atoms with Gasteiger partial charge in [0.15, 0.2) is 6.10 Å². The van der Waals surface area contributed by atoms with Gasteiger partial charge in [-0.1, -0.05) is 0 Å². The summed E-state index contributed by atoms with van der Waals surface area (Å²) in [4.78, 5) is 27.2. The number of aromatic nitrogens is 4. The molecule has 160 valence electrons. The van der Waals surface area contributed by atoms with Gasteiger partial charge in [-0.3, -0.25) is 4.79 Å². The minimum Gasteiger partial charge on any atom is -0.449 e. The Balaban J connectivity index is 1.31. The van der Waals surface area contributed by atoms with Gasteiger partial charge < -0.3 is 15.0 Å². The molecule has 31 heavy (non-hydrogen) atoms. The van der Waals surface area contributed by atoms with Crippen molar-refractivity contribution >= 4 is 23.3 Å². The molecule has 0 bridgehead atoms. The predicted molar refractivity (Wildman–Crippen MR) is 115 cm³/mol. The van der Waals surface area contributed by atoms with Crippen LogP contribution in [0.2, 0.25) is 0 Å². The number of hydrogen-bond acceptors (Lipinski definition) is 7. The van der Waals surface area contributed by atoms with E-state index in [0.29, 0.717) is 16.9 Å². The van der Waals surface area contributed by atoms with Gasteiger partial charge in [-0.2, -0.15) is 0 Å². The van der Waals surface area contributed by atoms with E-state index in [-0.39, 0.29) is 5.91 Å². The number of nitrogens with zero attached hydrogens (tertiary/aromatic N) is 5. The van der Waals surface area contributed by atoms with Crippen LogP contribution in [0.25, 0.3) is 5.69 Å². The highest BCUT2D eigenvalue weighted by atomic mass is 16.5. The van der Waals surface area contributed by atoms with Gasteiger partial charge >= 0.3 is 5.97 Å². The fraction of sp³-hybridized carbons (Fsp3) is 0.318. The van der Waals surface area contributed by atoms with Crippen molar-refractivity contribution in [2.75, 3.05) is 23.3 Å². The molecule has 9 heteroatoms. The number of benzene rings is 2. The minimum absolute atomic E-state index is 0.336. The predicted octanol–water partition coefficient (Wildman–Crippen LogP) is 2.84. The number of carbonyl (C=O) groups is 2. The monoisotopic (exact) mass is 420 g/mol. The maximum Gasteiger partial charge on any atom is 0.338 e. The molecule has 0 spiro atoms. The molecule has 1 atom stereocenters. The summed E-state index contributed by atoms with van der Waals surface area (Å²) in [6.07, 6.45) is 4.22. The molecule has 0 unspecified atom stereocenters. The molecule has 1 aromatic heterocycles. The summed E-state index contributed by atoms with van der Waals surface area (Å²) in [6, 6.07) is 14.3. The summed E-state index contributed by atoms with van der Waals surface area (Å²) >= 11 is 0. The first-order chi connectivity index (χ1) is 15.1. The SMILES string of the molecule is C[C@H](OC(=O)c1ccc(-n2cnnn2)cc1)C(=O)Nc1ccc(N2CCCCC2)cc1. The second kappa shape index (κ2) is 9.38. The lowest BCUT2D eigenvalue weighted by Crippen LogP contribution is -2.30. The van der Waals surface area contributed by atoms with Gasteiger partial charge in [0.05, 0.1) is 11.3 Å². The lowest BCUT2D eigenvalue weighted by Gasteiger charge is -2.28. The number of hydrogen-bond donors (Lipinski definition) is 1. The van der Waals surface area contributed by atoms with Crippen LogP contribution in [0.4, 0.5) is 11.4 Å². The lowest BCUT2D eigenvalue weighted by molar-refractivity contribution is -0.123. The molecule has 1 saturated heterocycles. The van der Waals surface area contributed by atoms with Gasteiger partial charge in [0.1, 0.15) is 6.33 Å². The van der Waals surface area contributed by atoms with Crippen LogP contribution in [0, 0.1) is 0 Å². The zero-order valence-electron chi connectivity index (χ0n) is 17.3. The number of nitrogens with one attached hydrogen (secondary N) is 1. The average Bonchev–Trinajstić information content (AvgIpc) is 3.35. The molecule has 1 aliphatic heterocycles. The highest BCUT2D eigenvalue weighted by Gasteiger charge is 2.19. The summed E-state index contributed by atoms with van der Waals surface area (Å²) < 4.78 is 6.79. The third-order valence-corrected chi connectivity index (χ3v) is 5.23. The van der Waals surface area contributed by atoms with Crippen molar-refractivity contribution in [3.05, 3.63) is 60.4 Å². The summed E-state index contributed by atoms with van der Waals surface area (Å²) in [5, 5.41) is 13.7. The Labute approximate surface area is 180 Å². The first-order valence-electron chi connectivity index (χ1n) is 10.3. The molecule has 3 aromatic rings. The standard InChI is InChI=1S/C22H24N6O3/c1-16(31-22(30)17-5-9-20(10-6-17)28-15-23-25-26-28)21(29)24-18-7-11-19(12-8-18)27-13-3-2-4-14-27/h5-12,15-16H,2-4,13-14H2,1H3,(H,24,29)/t16-/m0/s1. The number of anilines is 2. The fourth-order valence-electron chi connectivity index (χ4n) is 3.46. The van der Waals surface area contributed by atoms with Crippen molar-refractivity contribution in [2.24, 2.45) is 0 Å². The van der Waals surface area contributed by atoms with Crippen LogP contribution in [0.5, 0.6) is 0 Å². The third kappa shape index (κ3) is 5.06. The average molecular weight is 420 g/mol. The van der Waals surface area contributed by atoms with Gasteiger partial charge in [-0.15, -0.1) is 5.10 Å². The summed E-state index contributed by atoms with van der Waals surface area (Å²) in [7, 11) is 0. The molecule has 9 nitrogen and oxygen atoms in total. The van der Waals surface area contributed by atoms with Crippen molar-refractivity contribution in [1.82, 2.24) is 20.2 Å². The van der Waals surface area contributed by atoms with Crippen molar-refractivity contribution in [3.63, 3.8) is 0 Å². The summed E-state index contributed by atoms with van der Waals surface area (Å²) in [5.74, 6) is -0.962. The maximum atomic E-state index is 12.5. The fourth-order valence-corrected chi connectivity index (χ4v) is 3.46. The molecule has 0 radical (unpaired) electrons. The van der Waals surface area contributed by atoms with Crippen molar-refractivity contribution in [1.29, 1.82) is 0 Å². The van der Waals surface area contributed by atoms with E-state index in [2.05, 4.69) is 25.7 Å². The zero-order valence-corrected chi connectivity index (χ0v) is 17.3. The van der Waals surface area contributed by atoms with Crippen LogP contribution in [-0.4, -0.2) is 51.3 Å². The number of ether oxygens (including phenoxy) is 1. The van der Waals surface area contributed by atoms with Gasteiger partial charge in [0, 0.05) is 24.5 Å². The normalized spacial score (nSPS) is 14.7. The Morgan fingerprint density at radius 1 is 0.968 bits per heavy atom. The zero-order chi connectivity index (χ0) is 21.6. The number of tetrazole rings is 1. The number of esters is 1. The third-order valence-electron chi connectivity index (χ3n) is 5.23. The van der Waals surface area contributed by atoms with Crippen LogP contribution >= 0.6 is 0 Å². The number of amides is 1. The topological polar surface area (TPSA) is 102 Å². The van der Waals surface area contributed by atoms with Crippen molar-refractivity contribution in [2.45, 2.75) is 32.3 Å². The molecule has 1 N–H and O–H groups in total. The first-order valence-corrected chi connectivity index (χ1v) is 10.3. The van der Waals surface area contributed by atoms with Crippen LogP contribution in [0.15, 0.2) is 54.9 Å². The number of rotatable bonds is 6.